The topological polar surface area (TPSA) is 80.8 Å². The maximum absolute atomic E-state index is 12.7. The third-order valence-corrected chi connectivity index (χ3v) is 5.43. The number of likely N-dealkylation sites (tertiary alicyclic amines) is 1. The smallest absolute Gasteiger partial charge is 0.292 e. The Hall–Kier alpha value is -2.61. The van der Waals surface area contributed by atoms with Gasteiger partial charge in [0.2, 0.25) is 5.76 Å². The molecule has 2 fully saturated rings. The van der Waals surface area contributed by atoms with Gasteiger partial charge in [-0.2, -0.15) is 0 Å². The van der Waals surface area contributed by atoms with E-state index in [9.17, 15) is 9.59 Å². The largest absolute Gasteiger partial charge is 0.378 e. The van der Waals surface area contributed by atoms with Crippen molar-refractivity contribution in [2.24, 2.45) is 7.05 Å². The number of aryl methyl sites for hydroxylation is 1. The lowest BCUT2D eigenvalue weighted by Crippen LogP contribution is -2.38. The number of pyridine rings is 1. The van der Waals surface area contributed by atoms with E-state index in [1.165, 1.54) is 0 Å². The summed E-state index contributed by atoms with van der Waals surface area (Å²) in [5.41, 5.74) is 1.06. The zero-order valence-corrected chi connectivity index (χ0v) is 15.5. The van der Waals surface area contributed by atoms with E-state index in [1.54, 1.807) is 34.8 Å². The first-order valence-corrected chi connectivity index (χ1v) is 9.37. The van der Waals surface area contributed by atoms with Crippen molar-refractivity contribution < 1.29 is 14.1 Å². The van der Waals surface area contributed by atoms with Gasteiger partial charge in [-0.3, -0.25) is 9.59 Å². The fraction of sp³-hybridized carbons (Fsp3) is 0.526. The summed E-state index contributed by atoms with van der Waals surface area (Å²) in [6, 6.07) is 5.42. The first-order chi connectivity index (χ1) is 13.1. The first-order valence-electron chi connectivity index (χ1n) is 9.37. The molecule has 0 atom stereocenters. The van der Waals surface area contributed by atoms with Gasteiger partial charge in [-0.05, 0) is 30.4 Å². The molecule has 27 heavy (non-hydrogen) atoms. The van der Waals surface area contributed by atoms with E-state index in [0.29, 0.717) is 38.0 Å². The third kappa shape index (κ3) is 3.75. The molecule has 0 aliphatic carbocycles. The number of rotatable bonds is 3. The number of aromatic nitrogens is 2. The van der Waals surface area contributed by atoms with Crippen LogP contribution in [0.3, 0.4) is 0 Å². The highest BCUT2D eigenvalue weighted by atomic mass is 16.5. The molecule has 144 valence electrons. The molecule has 0 aromatic carbocycles. The van der Waals surface area contributed by atoms with E-state index in [0.717, 1.165) is 31.5 Å². The number of nitrogens with zero attached hydrogens (tertiary/aromatic N) is 4. The number of hydrogen-bond acceptors (Lipinski definition) is 6. The van der Waals surface area contributed by atoms with Gasteiger partial charge < -0.3 is 23.6 Å². The van der Waals surface area contributed by atoms with Crippen LogP contribution in [0, 0.1) is 0 Å². The average Bonchev–Trinajstić information content (AvgIpc) is 3.21. The highest BCUT2D eigenvalue weighted by Crippen LogP contribution is 2.28. The Labute approximate surface area is 157 Å². The Morgan fingerprint density at radius 2 is 1.89 bits per heavy atom. The summed E-state index contributed by atoms with van der Waals surface area (Å²) >= 11 is 0. The van der Waals surface area contributed by atoms with Crippen molar-refractivity contribution in [2.75, 3.05) is 44.3 Å². The molecular formula is C19H24N4O4. The molecule has 0 radical (unpaired) electrons. The van der Waals surface area contributed by atoms with Crippen molar-refractivity contribution in [3.05, 3.63) is 46.1 Å². The Kier molecular flexibility index (Phi) is 4.98. The Morgan fingerprint density at radius 3 is 2.59 bits per heavy atom. The fourth-order valence-electron chi connectivity index (χ4n) is 3.70. The van der Waals surface area contributed by atoms with Crippen LogP contribution in [-0.2, 0) is 11.8 Å². The van der Waals surface area contributed by atoms with Crippen molar-refractivity contribution in [2.45, 2.75) is 18.8 Å². The number of hydrogen-bond donors (Lipinski definition) is 0. The number of amides is 1. The van der Waals surface area contributed by atoms with Gasteiger partial charge in [0.1, 0.15) is 0 Å². The van der Waals surface area contributed by atoms with Crippen LogP contribution in [0.25, 0.3) is 0 Å². The number of piperidine rings is 1. The monoisotopic (exact) mass is 372 g/mol. The Bertz CT molecular complexity index is 861. The molecule has 8 heteroatoms. The third-order valence-electron chi connectivity index (χ3n) is 5.43. The molecule has 0 N–H and O–H groups in total. The van der Waals surface area contributed by atoms with Gasteiger partial charge in [0, 0.05) is 51.6 Å². The van der Waals surface area contributed by atoms with Crippen LogP contribution < -0.4 is 10.5 Å². The molecule has 4 rings (SSSR count). The minimum absolute atomic E-state index is 0.00306. The van der Waals surface area contributed by atoms with Crippen LogP contribution in [0.4, 0.5) is 5.82 Å². The van der Waals surface area contributed by atoms with Crippen LogP contribution in [0.2, 0.25) is 0 Å². The Balaban J connectivity index is 1.37. The highest BCUT2D eigenvalue weighted by molar-refractivity contribution is 5.92. The van der Waals surface area contributed by atoms with Crippen LogP contribution in [0.1, 0.15) is 34.9 Å². The fourth-order valence-corrected chi connectivity index (χ4v) is 3.70. The molecule has 0 spiro atoms. The Morgan fingerprint density at radius 1 is 1.15 bits per heavy atom. The quantitative estimate of drug-likeness (QED) is 0.806. The summed E-state index contributed by atoms with van der Waals surface area (Å²) in [6.07, 6.45) is 3.48. The van der Waals surface area contributed by atoms with Gasteiger partial charge in [-0.15, -0.1) is 0 Å². The number of anilines is 1. The second kappa shape index (κ2) is 7.56. The zero-order valence-electron chi connectivity index (χ0n) is 15.5. The van der Waals surface area contributed by atoms with Gasteiger partial charge in [0.25, 0.3) is 11.5 Å². The van der Waals surface area contributed by atoms with Crippen molar-refractivity contribution in [1.29, 1.82) is 0 Å². The summed E-state index contributed by atoms with van der Waals surface area (Å²) in [5, 5.41) is 4.05. The number of morpholine rings is 1. The van der Waals surface area contributed by atoms with Crippen LogP contribution >= 0.6 is 0 Å². The van der Waals surface area contributed by atoms with E-state index >= 15 is 0 Å². The standard InChI is InChI=1S/C19H24N4O4/c1-21-5-2-15(12-18(21)24)14-3-6-23(7-4-14)19(25)16-13-17(20-27-16)22-8-10-26-11-9-22/h2,5,12-14H,3-4,6-11H2,1H3. The summed E-state index contributed by atoms with van der Waals surface area (Å²) < 4.78 is 12.2. The second-order valence-corrected chi connectivity index (χ2v) is 7.12. The SMILES string of the molecule is Cn1ccc(C2CCN(C(=O)c3cc(N4CCOCC4)no3)CC2)cc1=O. The molecule has 2 aliphatic rings. The molecule has 0 saturated carbocycles. The maximum atomic E-state index is 12.7. The number of ether oxygens (including phenoxy) is 1. The van der Waals surface area contributed by atoms with E-state index in [4.69, 9.17) is 9.26 Å². The van der Waals surface area contributed by atoms with Gasteiger partial charge in [-0.25, -0.2) is 0 Å². The zero-order chi connectivity index (χ0) is 18.8. The molecule has 0 unspecified atom stereocenters. The highest BCUT2D eigenvalue weighted by Gasteiger charge is 2.28. The molecule has 0 bridgehead atoms. The molecule has 2 aromatic heterocycles. The van der Waals surface area contributed by atoms with Crippen molar-refractivity contribution in [1.82, 2.24) is 14.6 Å². The molecule has 2 aliphatic heterocycles. The van der Waals surface area contributed by atoms with Crippen molar-refractivity contribution >= 4 is 11.7 Å². The van der Waals surface area contributed by atoms with E-state index in [2.05, 4.69) is 10.1 Å². The van der Waals surface area contributed by atoms with Gasteiger partial charge >= 0.3 is 0 Å². The normalized spacial score (nSPS) is 18.7. The van der Waals surface area contributed by atoms with Crippen LogP contribution in [0.15, 0.2) is 33.7 Å². The second-order valence-electron chi connectivity index (χ2n) is 7.12. The minimum atomic E-state index is -0.121. The van der Waals surface area contributed by atoms with Crippen LogP contribution in [-0.4, -0.2) is 59.9 Å². The minimum Gasteiger partial charge on any atom is -0.378 e. The van der Waals surface area contributed by atoms with Gasteiger partial charge in [-0.1, -0.05) is 5.16 Å². The predicted octanol–water partition coefficient (Wildman–Crippen LogP) is 1.23. The lowest BCUT2D eigenvalue weighted by molar-refractivity contribution is 0.0671. The average molecular weight is 372 g/mol. The predicted molar refractivity (Wildman–Crippen MR) is 99.1 cm³/mol. The number of carbonyl (C=O) groups is 1. The first kappa shape index (κ1) is 17.8. The van der Waals surface area contributed by atoms with E-state index in [-0.39, 0.29) is 17.2 Å². The lowest BCUT2D eigenvalue weighted by atomic mass is 9.90. The maximum Gasteiger partial charge on any atom is 0.292 e. The van der Waals surface area contributed by atoms with E-state index in [1.807, 2.05) is 6.07 Å². The molecule has 4 heterocycles. The molecule has 2 aromatic rings. The summed E-state index contributed by atoms with van der Waals surface area (Å²) in [7, 11) is 1.75. The van der Waals surface area contributed by atoms with Crippen LogP contribution in [0.5, 0.6) is 0 Å². The summed E-state index contributed by atoms with van der Waals surface area (Å²) in [5.74, 6) is 1.16. The molecule has 1 amide bonds. The molecular weight excluding hydrogens is 348 g/mol. The van der Waals surface area contributed by atoms with Crippen molar-refractivity contribution in [3.8, 4) is 0 Å². The van der Waals surface area contributed by atoms with Crippen molar-refractivity contribution in [3.63, 3.8) is 0 Å². The summed E-state index contributed by atoms with van der Waals surface area (Å²) in [6.45, 7) is 4.11. The van der Waals surface area contributed by atoms with E-state index < -0.39 is 0 Å². The van der Waals surface area contributed by atoms with Gasteiger partial charge in [0.15, 0.2) is 5.82 Å². The molecule has 2 saturated heterocycles. The number of carbonyl (C=O) groups excluding carboxylic acids is 1. The molecule has 8 nitrogen and oxygen atoms in total. The lowest BCUT2D eigenvalue weighted by Gasteiger charge is -2.31. The van der Waals surface area contributed by atoms with Gasteiger partial charge in [0.05, 0.1) is 13.2 Å². The summed E-state index contributed by atoms with van der Waals surface area (Å²) in [4.78, 5) is 28.4.